The minimum atomic E-state index is -0.573. The van der Waals surface area contributed by atoms with Gasteiger partial charge in [0, 0.05) is 42.1 Å². The molecule has 14 atom stereocenters. The molecule has 1 spiro atoms. The summed E-state index contributed by atoms with van der Waals surface area (Å²) in [4.78, 5) is 15.7. The number of rotatable bonds is 4. The van der Waals surface area contributed by atoms with E-state index in [1.165, 1.54) is 68.9 Å². The van der Waals surface area contributed by atoms with E-state index < -0.39 is 18.7 Å². The summed E-state index contributed by atoms with van der Waals surface area (Å²) < 4.78 is 18.4. The third-order valence-corrected chi connectivity index (χ3v) is 19.9. The molecule has 0 radical (unpaired) electrons. The summed E-state index contributed by atoms with van der Waals surface area (Å²) >= 11 is 0. The van der Waals surface area contributed by atoms with Crippen molar-refractivity contribution in [1.82, 2.24) is 4.90 Å². The number of benzene rings is 1. The molecule has 10 aliphatic rings. The van der Waals surface area contributed by atoms with Crippen LogP contribution in [0.15, 0.2) is 88.8 Å². The van der Waals surface area contributed by atoms with Gasteiger partial charge in [0.25, 0.3) is 0 Å². The predicted octanol–water partition coefficient (Wildman–Crippen LogP) is 8.93. The first kappa shape index (κ1) is 37.6. The molecule has 0 amide bonds. The monoisotopic (exact) mass is 809 g/mol. The summed E-state index contributed by atoms with van der Waals surface area (Å²) in [6.45, 7) is 2.67. The summed E-state index contributed by atoms with van der Waals surface area (Å²) in [5.74, 6) is 6.64. The Balaban J connectivity index is 1.08. The number of carbonyl (C=O) groups is 1. The standard InChI is InChI=1S/C48H59NO6S2/c1-26-39-36-22-33-40-35-16-17-38(57-56-25-27-18-19-48(35,23-27)41(33)29-11-4-3-5-12-29)31-15-14-30(28-9-6-7-10-28)21-32(31)43(51)42(40)49(36)20-8-13-37(39)54-44(26)46-45(53-2)34(24-50)47(52)55-46/h3-5,11-13,15-17,26-28,30,32-33,35-36,38-43,50-51H,6-10,14,18-25H2,1-2H3/t26-,27+,30-,32-,33-,35?,36-,38+,39+,40+,41-,42+,43+,48+/m1/s1. The Labute approximate surface area is 346 Å². The van der Waals surface area contributed by atoms with Crippen LogP contribution in [0, 0.1) is 58.7 Å². The van der Waals surface area contributed by atoms with Crippen LogP contribution in [0.3, 0.4) is 0 Å². The third kappa shape index (κ3) is 5.74. The first-order chi connectivity index (χ1) is 27.9. The van der Waals surface area contributed by atoms with Crippen LogP contribution < -0.4 is 0 Å². The second-order valence-electron chi connectivity index (χ2n) is 19.4. The Morgan fingerprint density at radius 2 is 1.88 bits per heavy atom. The fourth-order valence-corrected chi connectivity index (χ4v) is 18.0. The van der Waals surface area contributed by atoms with Crippen molar-refractivity contribution < 1.29 is 29.2 Å². The molecule has 2 N–H and O–H groups in total. The zero-order chi connectivity index (χ0) is 38.6. The van der Waals surface area contributed by atoms with Crippen molar-refractivity contribution in [2.75, 3.05) is 26.0 Å². The number of hydrogen-bond donors (Lipinski definition) is 2. The van der Waals surface area contributed by atoms with Gasteiger partial charge < -0.3 is 24.4 Å². The lowest BCUT2D eigenvalue weighted by atomic mass is 9.64. The Hall–Kier alpha value is -2.43. The lowest BCUT2D eigenvalue weighted by Crippen LogP contribution is -2.63. The highest BCUT2D eigenvalue weighted by molar-refractivity contribution is 8.77. The van der Waals surface area contributed by atoms with E-state index in [0.717, 1.165) is 43.9 Å². The molecule has 5 fully saturated rings. The number of fused-ring (bicyclic) bond motifs is 8. The molecule has 3 saturated carbocycles. The maximum Gasteiger partial charge on any atom is 0.345 e. The Bertz CT molecular complexity index is 1930. The minimum absolute atomic E-state index is 0.0253. The molecule has 11 rings (SSSR count). The number of methoxy groups -OCH3 is 1. The van der Waals surface area contributed by atoms with Gasteiger partial charge in [-0.3, -0.25) is 4.90 Å². The summed E-state index contributed by atoms with van der Waals surface area (Å²) in [7, 11) is 5.72. The Kier molecular flexibility index (Phi) is 9.65. The Morgan fingerprint density at radius 1 is 1.04 bits per heavy atom. The van der Waals surface area contributed by atoms with Crippen molar-refractivity contribution in [3.05, 3.63) is 94.4 Å². The van der Waals surface area contributed by atoms with E-state index in [1.54, 1.807) is 0 Å². The number of cyclic esters (lactones) is 1. The highest BCUT2D eigenvalue weighted by atomic mass is 33.1. The van der Waals surface area contributed by atoms with Gasteiger partial charge in [0.2, 0.25) is 5.76 Å². The molecule has 9 heteroatoms. The number of aliphatic hydroxyl groups excluding tert-OH is 2. The van der Waals surface area contributed by atoms with Crippen LogP contribution in [-0.4, -0.2) is 70.5 Å². The van der Waals surface area contributed by atoms with Crippen molar-refractivity contribution in [3.8, 4) is 0 Å². The van der Waals surface area contributed by atoms with Crippen molar-refractivity contribution >= 4 is 27.6 Å². The Morgan fingerprint density at radius 3 is 2.68 bits per heavy atom. The van der Waals surface area contributed by atoms with Gasteiger partial charge in [0.1, 0.15) is 11.3 Å². The van der Waals surface area contributed by atoms with E-state index in [-0.39, 0.29) is 46.6 Å². The second-order valence-corrected chi connectivity index (χ2v) is 21.9. The maximum absolute atomic E-state index is 13.7. The van der Waals surface area contributed by atoms with Crippen LogP contribution in [0.5, 0.6) is 0 Å². The minimum Gasteiger partial charge on any atom is -0.492 e. The van der Waals surface area contributed by atoms with Gasteiger partial charge in [0.05, 0.1) is 25.1 Å². The molecule has 5 aliphatic heterocycles. The summed E-state index contributed by atoms with van der Waals surface area (Å²) in [5, 5.41) is 24.0. The van der Waals surface area contributed by atoms with Crippen LogP contribution >= 0.6 is 21.6 Å². The predicted molar refractivity (Wildman–Crippen MR) is 224 cm³/mol. The average molecular weight is 810 g/mol. The third-order valence-electron chi connectivity index (χ3n) is 17.1. The van der Waals surface area contributed by atoms with E-state index in [0.29, 0.717) is 52.3 Å². The van der Waals surface area contributed by atoms with Gasteiger partial charge in [-0.2, -0.15) is 0 Å². The fourth-order valence-electron chi connectivity index (χ4n) is 15.0. The van der Waals surface area contributed by atoms with Gasteiger partial charge in [-0.15, -0.1) is 0 Å². The number of aliphatic hydroxyl groups is 2. The zero-order valence-corrected chi connectivity index (χ0v) is 35.1. The highest BCUT2D eigenvalue weighted by Gasteiger charge is 2.68. The van der Waals surface area contributed by atoms with Gasteiger partial charge in [-0.25, -0.2) is 4.79 Å². The van der Waals surface area contributed by atoms with Crippen LogP contribution in [0.1, 0.15) is 89.0 Å². The van der Waals surface area contributed by atoms with E-state index in [9.17, 15) is 15.0 Å². The first-order valence-electron chi connectivity index (χ1n) is 22.3. The molecule has 57 heavy (non-hydrogen) atoms. The number of hydrogen-bond acceptors (Lipinski definition) is 9. The quantitative estimate of drug-likeness (QED) is 0.176. The topological polar surface area (TPSA) is 88.5 Å². The molecule has 304 valence electrons. The van der Waals surface area contributed by atoms with E-state index in [1.807, 2.05) is 0 Å². The average Bonchev–Trinajstić information content (AvgIpc) is 4.05. The maximum atomic E-state index is 13.7. The van der Waals surface area contributed by atoms with Crippen LogP contribution in [-0.2, 0) is 19.0 Å². The van der Waals surface area contributed by atoms with Gasteiger partial charge in [-0.05, 0) is 103 Å². The van der Waals surface area contributed by atoms with Crippen molar-refractivity contribution in [3.63, 3.8) is 0 Å². The lowest BCUT2D eigenvalue weighted by molar-refractivity contribution is -0.133. The first-order valence-corrected chi connectivity index (χ1v) is 24.7. The largest absolute Gasteiger partial charge is 0.492 e. The fraction of sp³-hybridized carbons (Fsp3) is 0.646. The second kappa shape index (κ2) is 14.6. The van der Waals surface area contributed by atoms with E-state index in [4.69, 9.17) is 14.2 Å². The number of piperidine rings is 1. The number of allylic oxidation sites excluding steroid dienone is 3. The molecular weight excluding hydrogens is 751 g/mol. The number of carbonyl (C=O) groups excluding carboxylic acids is 1. The smallest absolute Gasteiger partial charge is 0.345 e. The number of ether oxygens (including phenoxy) is 3. The molecule has 1 unspecified atom stereocenters. The van der Waals surface area contributed by atoms with Crippen LogP contribution in [0.2, 0.25) is 0 Å². The molecule has 0 aromatic heterocycles. The summed E-state index contributed by atoms with van der Waals surface area (Å²) in [6, 6.07) is 11.7. The van der Waals surface area contributed by atoms with Gasteiger partial charge in [-0.1, -0.05) is 108 Å². The van der Waals surface area contributed by atoms with Crippen molar-refractivity contribution in [2.24, 2.45) is 58.7 Å². The van der Waals surface area contributed by atoms with Crippen LogP contribution in [0.4, 0.5) is 0 Å². The zero-order valence-electron chi connectivity index (χ0n) is 33.5. The van der Waals surface area contributed by atoms with E-state index >= 15 is 0 Å². The van der Waals surface area contributed by atoms with Gasteiger partial charge in [0.15, 0.2) is 11.5 Å². The highest BCUT2D eigenvalue weighted by Crippen LogP contribution is 2.72. The molecule has 4 bridgehead atoms. The van der Waals surface area contributed by atoms with Gasteiger partial charge >= 0.3 is 5.97 Å². The van der Waals surface area contributed by atoms with Crippen molar-refractivity contribution in [2.45, 2.75) is 107 Å². The molecule has 7 nitrogen and oxygen atoms in total. The number of esters is 1. The molecule has 1 aromatic rings. The number of nitrogens with zero attached hydrogens (tertiary/aromatic N) is 1. The normalized spacial score (nSPS) is 45.2. The molecule has 5 heterocycles. The van der Waals surface area contributed by atoms with Crippen LogP contribution in [0.25, 0.3) is 0 Å². The molecule has 2 saturated heterocycles. The summed E-state index contributed by atoms with van der Waals surface area (Å²) in [5.41, 5.74) is 3.29. The van der Waals surface area contributed by atoms with Crippen molar-refractivity contribution in [1.29, 1.82) is 0 Å². The molecular formula is C48H59NO6S2. The summed E-state index contributed by atoms with van der Waals surface area (Å²) in [6.07, 6.45) is 23.2. The molecule has 5 aliphatic carbocycles. The molecule has 1 aromatic carbocycles. The lowest BCUT2D eigenvalue weighted by Gasteiger charge is -2.54. The van der Waals surface area contributed by atoms with E-state index in [2.05, 4.69) is 88.0 Å². The SMILES string of the molecule is COC1=C(CO)C(=O)OC1=C1OC2=CCCN3[C@@H]4[C@@H](O)[C@@H]5C[C@H](C6CCCC6)CC=C5[C@@H]5C=CC6[C@@H]4[C@@H](C[C@@H]3[C@@H]2[C@H]1C)[C@@H](c1ccccc1)[C@]61CC[C@H](CSS5)C1.